The van der Waals surface area contributed by atoms with Gasteiger partial charge >= 0.3 is 0 Å². The molecule has 3 N–H and O–H groups in total. The van der Waals surface area contributed by atoms with Crippen LogP contribution in [0.5, 0.6) is 5.75 Å². The lowest BCUT2D eigenvalue weighted by atomic mass is 10.1. The molecule has 0 aliphatic carbocycles. The van der Waals surface area contributed by atoms with Crippen molar-refractivity contribution in [1.29, 1.82) is 0 Å². The van der Waals surface area contributed by atoms with Gasteiger partial charge in [-0.2, -0.15) is 0 Å². The summed E-state index contributed by atoms with van der Waals surface area (Å²) in [7, 11) is -2.00. The van der Waals surface area contributed by atoms with E-state index < -0.39 is 10.0 Å². The second-order valence-electron chi connectivity index (χ2n) is 4.00. The van der Waals surface area contributed by atoms with Crippen LogP contribution < -0.4 is 15.2 Å². The maximum atomic E-state index is 12.2. The van der Waals surface area contributed by atoms with Crippen LogP contribution in [-0.4, -0.2) is 28.6 Å². The van der Waals surface area contributed by atoms with E-state index in [9.17, 15) is 8.42 Å². The average molecular weight is 280 g/mol. The highest BCUT2D eigenvalue weighted by Crippen LogP contribution is 2.30. The van der Waals surface area contributed by atoms with Gasteiger partial charge in [0.1, 0.15) is 5.75 Å². The minimum Gasteiger partial charge on any atom is -0.496 e. The molecule has 0 unspecified atom stereocenters. The Morgan fingerprint density at radius 1 is 1.16 bits per heavy atom. The number of nitrogens with two attached hydrogens (primary N) is 1. The monoisotopic (exact) mass is 280 g/mol. The van der Waals surface area contributed by atoms with E-state index in [1.807, 2.05) is 12.1 Å². The molecule has 6 heteroatoms. The average Bonchev–Trinajstić information content (AvgIpc) is 2.43. The van der Waals surface area contributed by atoms with Crippen LogP contribution in [0.4, 0.5) is 0 Å². The second-order valence-corrected chi connectivity index (χ2v) is 5.73. The van der Waals surface area contributed by atoms with Crippen LogP contribution in [0.1, 0.15) is 0 Å². The third-order valence-corrected chi connectivity index (χ3v) is 4.31. The van der Waals surface area contributed by atoms with E-state index >= 15 is 0 Å². The number of sulfonamides is 1. The van der Waals surface area contributed by atoms with E-state index in [0.717, 1.165) is 5.39 Å². The summed E-state index contributed by atoms with van der Waals surface area (Å²) in [6.45, 7) is 0.468. The third kappa shape index (κ3) is 2.70. The molecule has 0 aliphatic rings. The maximum absolute atomic E-state index is 12.2. The predicted molar refractivity (Wildman–Crippen MR) is 74.7 cm³/mol. The lowest BCUT2D eigenvalue weighted by Crippen LogP contribution is -2.29. The molecule has 5 nitrogen and oxygen atoms in total. The summed E-state index contributed by atoms with van der Waals surface area (Å²) in [5.74, 6) is 0.647. The number of hydrogen-bond acceptors (Lipinski definition) is 4. The van der Waals surface area contributed by atoms with E-state index in [0.29, 0.717) is 11.1 Å². The van der Waals surface area contributed by atoms with Gasteiger partial charge in [-0.15, -0.1) is 0 Å². The van der Waals surface area contributed by atoms with E-state index in [4.69, 9.17) is 10.5 Å². The highest BCUT2D eigenvalue weighted by Gasteiger charge is 2.17. The van der Waals surface area contributed by atoms with Crippen LogP contribution in [0.25, 0.3) is 10.8 Å². The van der Waals surface area contributed by atoms with Crippen LogP contribution in [0.15, 0.2) is 41.3 Å². The lowest BCUT2D eigenvalue weighted by molar-refractivity contribution is 0.419. The molecule has 0 bridgehead atoms. The van der Waals surface area contributed by atoms with Crippen molar-refractivity contribution in [3.05, 3.63) is 36.4 Å². The molecule has 0 amide bonds. The van der Waals surface area contributed by atoms with Gasteiger partial charge in [-0.3, -0.25) is 0 Å². The molecule has 2 aromatic carbocycles. The summed E-state index contributed by atoms with van der Waals surface area (Å²) in [4.78, 5) is 0.234. The third-order valence-electron chi connectivity index (χ3n) is 2.79. The van der Waals surface area contributed by atoms with Crippen LogP contribution >= 0.6 is 0 Å². The Balaban J connectivity index is 2.63. The van der Waals surface area contributed by atoms with Gasteiger partial charge in [-0.25, -0.2) is 13.1 Å². The molecule has 2 aromatic rings. The highest BCUT2D eigenvalue weighted by molar-refractivity contribution is 7.89. The van der Waals surface area contributed by atoms with Crippen molar-refractivity contribution in [3.63, 3.8) is 0 Å². The smallest absolute Gasteiger partial charge is 0.241 e. The maximum Gasteiger partial charge on any atom is 0.241 e. The van der Waals surface area contributed by atoms with Crippen molar-refractivity contribution >= 4 is 20.8 Å². The van der Waals surface area contributed by atoms with Crippen molar-refractivity contribution in [1.82, 2.24) is 4.72 Å². The summed E-state index contributed by atoms with van der Waals surface area (Å²) < 4.78 is 32.1. The van der Waals surface area contributed by atoms with Crippen LogP contribution in [0.3, 0.4) is 0 Å². The topological polar surface area (TPSA) is 81.4 Å². The standard InChI is InChI=1S/C13H16N2O3S/c1-18-12-6-7-13(19(16,17)15-9-8-14)11-5-3-2-4-10(11)12/h2-7,15H,8-9,14H2,1H3. The molecule has 0 saturated carbocycles. The molecule has 0 saturated heterocycles. The molecule has 0 aromatic heterocycles. The molecule has 0 fully saturated rings. The molecule has 19 heavy (non-hydrogen) atoms. The second kappa shape index (κ2) is 5.56. The van der Waals surface area contributed by atoms with Crippen molar-refractivity contribution in [2.45, 2.75) is 4.90 Å². The summed E-state index contributed by atoms with van der Waals surface area (Å²) in [5, 5.41) is 1.40. The number of rotatable bonds is 5. The molecule has 0 aliphatic heterocycles. The van der Waals surface area contributed by atoms with Gasteiger partial charge in [0.05, 0.1) is 12.0 Å². The van der Waals surface area contributed by atoms with Crippen molar-refractivity contribution in [2.75, 3.05) is 20.2 Å². The number of benzene rings is 2. The van der Waals surface area contributed by atoms with Crippen molar-refractivity contribution in [3.8, 4) is 5.75 Å². The first-order valence-electron chi connectivity index (χ1n) is 5.85. The normalized spacial score (nSPS) is 11.7. The van der Waals surface area contributed by atoms with Crippen molar-refractivity contribution in [2.24, 2.45) is 5.73 Å². The zero-order valence-electron chi connectivity index (χ0n) is 10.6. The van der Waals surface area contributed by atoms with Gasteiger partial charge in [-0.05, 0) is 12.1 Å². The summed E-state index contributed by atoms with van der Waals surface area (Å²) >= 11 is 0. The number of methoxy groups -OCH3 is 1. The fourth-order valence-corrected chi connectivity index (χ4v) is 3.18. The molecule has 0 spiro atoms. The Kier molecular flexibility index (Phi) is 4.04. The first-order chi connectivity index (χ1) is 9.10. The zero-order valence-corrected chi connectivity index (χ0v) is 11.4. The largest absolute Gasteiger partial charge is 0.496 e. The van der Waals surface area contributed by atoms with Gasteiger partial charge in [0, 0.05) is 23.9 Å². The lowest BCUT2D eigenvalue weighted by Gasteiger charge is -2.11. The molecule has 0 radical (unpaired) electrons. The zero-order chi connectivity index (χ0) is 13.9. The van der Waals surface area contributed by atoms with Gasteiger partial charge in [0.2, 0.25) is 10.0 Å². The quantitative estimate of drug-likeness (QED) is 0.859. The molecule has 2 rings (SSSR count). The van der Waals surface area contributed by atoms with E-state index in [1.54, 1.807) is 31.4 Å². The predicted octanol–water partition coefficient (Wildman–Crippen LogP) is 1.09. The minimum absolute atomic E-state index is 0.211. The molecule has 0 atom stereocenters. The molecular formula is C13H16N2O3S. The molecule has 102 valence electrons. The highest BCUT2D eigenvalue weighted by atomic mass is 32.2. The Morgan fingerprint density at radius 3 is 2.47 bits per heavy atom. The number of fused-ring (bicyclic) bond motifs is 1. The van der Waals surface area contributed by atoms with Crippen LogP contribution in [-0.2, 0) is 10.0 Å². The van der Waals surface area contributed by atoms with Gasteiger partial charge in [0.15, 0.2) is 0 Å². The SMILES string of the molecule is COc1ccc(S(=O)(=O)NCCN)c2ccccc12. The molecular weight excluding hydrogens is 264 g/mol. The summed E-state index contributed by atoms with van der Waals surface area (Å²) in [5.41, 5.74) is 5.33. The first kappa shape index (κ1) is 13.8. The number of ether oxygens (including phenoxy) is 1. The Morgan fingerprint density at radius 2 is 1.84 bits per heavy atom. The van der Waals surface area contributed by atoms with Crippen LogP contribution in [0.2, 0.25) is 0 Å². The summed E-state index contributed by atoms with van der Waals surface area (Å²) in [6, 6.07) is 10.4. The Bertz CT molecular complexity index is 683. The Labute approximate surface area is 112 Å². The van der Waals surface area contributed by atoms with Gasteiger partial charge in [0.25, 0.3) is 0 Å². The van der Waals surface area contributed by atoms with Crippen LogP contribution in [0, 0.1) is 0 Å². The van der Waals surface area contributed by atoms with Crippen molar-refractivity contribution < 1.29 is 13.2 Å². The fraction of sp³-hybridized carbons (Fsp3) is 0.231. The van der Waals surface area contributed by atoms with E-state index in [2.05, 4.69) is 4.72 Å². The minimum atomic E-state index is -3.56. The first-order valence-corrected chi connectivity index (χ1v) is 7.34. The van der Waals surface area contributed by atoms with E-state index in [1.165, 1.54) is 0 Å². The van der Waals surface area contributed by atoms with Gasteiger partial charge in [-0.1, -0.05) is 24.3 Å². The molecule has 0 heterocycles. The van der Waals surface area contributed by atoms with Gasteiger partial charge < -0.3 is 10.5 Å². The summed E-state index contributed by atoms with van der Waals surface area (Å²) in [6.07, 6.45) is 0. The number of hydrogen-bond donors (Lipinski definition) is 2. The Hall–Kier alpha value is -1.63. The number of nitrogens with one attached hydrogen (secondary N) is 1. The van der Waals surface area contributed by atoms with E-state index in [-0.39, 0.29) is 18.0 Å². The fourth-order valence-electron chi connectivity index (χ4n) is 1.93.